The Bertz CT molecular complexity index is 975. The van der Waals surface area contributed by atoms with Crippen LogP contribution in [0.1, 0.15) is 55.6 Å². The Morgan fingerprint density at radius 1 is 0.875 bits per heavy atom. The summed E-state index contributed by atoms with van der Waals surface area (Å²) in [6.07, 6.45) is 6.19. The van der Waals surface area contributed by atoms with Gasteiger partial charge in [-0.15, -0.1) is 5.10 Å². The van der Waals surface area contributed by atoms with Crippen molar-refractivity contribution >= 4 is 5.69 Å². The van der Waals surface area contributed by atoms with E-state index in [1.807, 2.05) is 12.1 Å². The van der Waals surface area contributed by atoms with Crippen molar-refractivity contribution in [1.29, 1.82) is 0 Å². The smallest absolute Gasteiger partial charge is 0.173 e. The summed E-state index contributed by atoms with van der Waals surface area (Å²) in [7, 11) is 1.71. The van der Waals surface area contributed by atoms with Crippen molar-refractivity contribution in [3.63, 3.8) is 0 Å². The van der Waals surface area contributed by atoms with Crippen LogP contribution in [0.2, 0.25) is 0 Å². The molecule has 0 spiro atoms. The average molecular weight is 433 g/mol. The van der Waals surface area contributed by atoms with Crippen LogP contribution in [0.4, 0.5) is 5.69 Å². The maximum absolute atomic E-state index is 5.31. The normalized spacial score (nSPS) is 19.1. The van der Waals surface area contributed by atoms with E-state index in [0.29, 0.717) is 6.04 Å². The van der Waals surface area contributed by atoms with Crippen molar-refractivity contribution in [3.8, 4) is 5.75 Å². The zero-order chi connectivity index (χ0) is 21.8. The second-order valence-corrected chi connectivity index (χ2v) is 8.81. The van der Waals surface area contributed by atoms with Crippen LogP contribution in [0.5, 0.6) is 5.75 Å². The molecule has 0 bridgehead atoms. The zero-order valence-corrected chi connectivity index (χ0v) is 18.8. The second kappa shape index (κ2) is 9.69. The lowest BCUT2D eigenvalue weighted by Gasteiger charge is -2.40. The Kier molecular flexibility index (Phi) is 6.34. The van der Waals surface area contributed by atoms with E-state index in [-0.39, 0.29) is 6.04 Å². The molecule has 32 heavy (non-hydrogen) atoms. The number of methoxy groups -OCH3 is 1. The number of piperazine rings is 1. The number of benzene rings is 2. The molecule has 168 valence electrons. The van der Waals surface area contributed by atoms with Crippen molar-refractivity contribution in [2.45, 2.75) is 44.2 Å². The van der Waals surface area contributed by atoms with E-state index >= 15 is 0 Å². The third-order valence-electron chi connectivity index (χ3n) is 6.92. The molecule has 7 nitrogen and oxygen atoms in total. The molecule has 0 amide bonds. The fourth-order valence-electron chi connectivity index (χ4n) is 5.16. The van der Waals surface area contributed by atoms with E-state index in [9.17, 15) is 0 Å². The molecule has 0 radical (unpaired) electrons. The predicted molar refractivity (Wildman–Crippen MR) is 125 cm³/mol. The number of nitrogens with zero attached hydrogens (tertiary/aromatic N) is 6. The standard InChI is InChI=1S/C25H32N6O/c1-32-23-14-12-21(13-15-23)29-16-18-30(19-17-29)24(20-8-4-2-5-9-20)25-26-27-28-31(25)22-10-6-3-7-11-22/h2,4-5,8-9,12-15,22,24H,3,6-7,10-11,16-19H2,1H3/t24-/m0/s1. The zero-order valence-electron chi connectivity index (χ0n) is 18.8. The third kappa shape index (κ3) is 4.35. The van der Waals surface area contributed by atoms with E-state index in [2.05, 4.69) is 72.5 Å². The molecule has 1 atom stereocenters. The number of hydrogen-bond acceptors (Lipinski definition) is 6. The maximum Gasteiger partial charge on any atom is 0.173 e. The quantitative estimate of drug-likeness (QED) is 0.585. The minimum absolute atomic E-state index is 0.0751. The van der Waals surface area contributed by atoms with E-state index < -0.39 is 0 Å². The number of rotatable bonds is 6. The van der Waals surface area contributed by atoms with Crippen LogP contribution in [0.25, 0.3) is 0 Å². The van der Waals surface area contributed by atoms with E-state index in [0.717, 1.165) is 37.8 Å². The monoisotopic (exact) mass is 432 g/mol. The van der Waals surface area contributed by atoms with Crippen molar-refractivity contribution in [2.75, 3.05) is 38.2 Å². The molecule has 1 aliphatic heterocycles. The molecular weight excluding hydrogens is 400 g/mol. The van der Waals surface area contributed by atoms with Gasteiger partial charge in [-0.05, 0) is 53.1 Å². The Morgan fingerprint density at radius 2 is 1.59 bits per heavy atom. The first-order chi connectivity index (χ1) is 15.8. The molecule has 1 saturated heterocycles. The summed E-state index contributed by atoms with van der Waals surface area (Å²) in [6.45, 7) is 3.87. The molecule has 2 fully saturated rings. The third-order valence-corrected chi connectivity index (χ3v) is 6.92. The first kappa shape index (κ1) is 20.9. The summed E-state index contributed by atoms with van der Waals surface area (Å²) in [5.74, 6) is 1.88. The predicted octanol–water partition coefficient (Wildman–Crippen LogP) is 4.10. The van der Waals surface area contributed by atoms with Crippen molar-refractivity contribution in [2.24, 2.45) is 0 Å². The van der Waals surface area contributed by atoms with Crippen LogP contribution in [-0.4, -0.2) is 58.4 Å². The highest BCUT2D eigenvalue weighted by atomic mass is 16.5. The molecule has 3 aromatic rings. The van der Waals surface area contributed by atoms with Crippen LogP contribution < -0.4 is 9.64 Å². The van der Waals surface area contributed by atoms with Crippen molar-refractivity contribution in [1.82, 2.24) is 25.1 Å². The molecule has 7 heteroatoms. The van der Waals surface area contributed by atoms with Gasteiger partial charge in [0.25, 0.3) is 0 Å². The van der Waals surface area contributed by atoms with Gasteiger partial charge < -0.3 is 9.64 Å². The fraction of sp³-hybridized carbons (Fsp3) is 0.480. The van der Waals surface area contributed by atoms with Crippen molar-refractivity contribution < 1.29 is 4.74 Å². The minimum Gasteiger partial charge on any atom is -0.497 e. The van der Waals surface area contributed by atoms with E-state index in [4.69, 9.17) is 4.74 Å². The molecule has 0 N–H and O–H groups in total. The lowest BCUT2D eigenvalue weighted by molar-refractivity contribution is 0.193. The average Bonchev–Trinajstić information content (AvgIpc) is 3.35. The molecule has 0 unspecified atom stereocenters. The molecule has 2 heterocycles. The van der Waals surface area contributed by atoms with Gasteiger partial charge in [-0.2, -0.15) is 0 Å². The van der Waals surface area contributed by atoms with E-state index in [1.54, 1.807) is 7.11 Å². The van der Waals surface area contributed by atoms with Gasteiger partial charge in [-0.1, -0.05) is 49.6 Å². The molecule has 5 rings (SSSR count). The number of aromatic nitrogens is 4. The number of tetrazole rings is 1. The number of anilines is 1. The van der Waals surface area contributed by atoms with Gasteiger partial charge in [-0.3, -0.25) is 4.90 Å². The topological polar surface area (TPSA) is 59.3 Å². The SMILES string of the molecule is COc1ccc(N2CCN([C@@H](c3ccccc3)c3nnnn3C3CCCCC3)CC2)cc1. The Labute approximate surface area is 190 Å². The highest BCUT2D eigenvalue weighted by Gasteiger charge is 2.32. The van der Waals surface area contributed by atoms with Crippen LogP contribution in [0, 0.1) is 0 Å². The molecule has 1 aliphatic carbocycles. The van der Waals surface area contributed by atoms with Crippen molar-refractivity contribution in [3.05, 3.63) is 66.0 Å². The summed E-state index contributed by atoms with van der Waals surface area (Å²) < 4.78 is 7.44. The van der Waals surface area contributed by atoms with Crippen LogP contribution in [-0.2, 0) is 0 Å². The lowest BCUT2D eigenvalue weighted by Crippen LogP contribution is -2.48. The Morgan fingerprint density at radius 3 is 2.28 bits per heavy atom. The number of hydrogen-bond donors (Lipinski definition) is 0. The van der Waals surface area contributed by atoms with Crippen LogP contribution in [0.3, 0.4) is 0 Å². The first-order valence-electron chi connectivity index (χ1n) is 11.8. The summed E-state index contributed by atoms with van der Waals surface area (Å²) >= 11 is 0. The Balaban J connectivity index is 1.38. The summed E-state index contributed by atoms with van der Waals surface area (Å²) in [4.78, 5) is 4.99. The van der Waals surface area contributed by atoms with Gasteiger partial charge in [0, 0.05) is 31.9 Å². The lowest BCUT2D eigenvalue weighted by atomic mass is 9.95. The molecule has 1 aromatic heterocycles. The minimum atomic E-state index is 0.0751. The van der Waals surface area contributed by atoms with Gasteiger partial charge in [0.2, 0.25) is 0 Å². The highest BCUT2D eigenvalue weighted by molar-refractivity contribution is 5.49. The Hall–Kier alpha value is -2.93. The summed E-state index contributed by atoms with van der Waals surface area (Å²) in [5, 5.41) is 13.2. The van der Waals surface area contributed by atoms with Gasteiger partial charge in [-0.25, -0.2) is 4.68 Å². The summed E-state index contributed by atoms with van der Waals surface area (Å²) in [5.41, 5.74) is 2.51. The summed E-state index contributed by atoms with van der Waals surface area (Å²) in [6, 6.07) is 19.6. The van der Waals surface area contributed by atoms with Gasteiger partial charge in [0.15, 0.2) is 5.82 Å². The molecular formula is C25H32N6O. The van der Waals surface area contributed by atoms with Gasteiger partial charge in [0.05, 0.1) is 19.2 Å². The fourth-order valence-corrected chi connectivity index (χ4v) is 5.16. The van der Waals surface area contributed by atoms with Gasteiger partial charge >= 0.3 is 0 Å². The number of ether oxygens (including phenoxy) is 1. The van der Waals surface area contributed by atoms with Crippen LogP contribution in [0.15, 0.2) is 54.6 Å². The van der Waals surface area contributed by atoms with Gasteiger partial charge in [0.1, 0.15) is 5.75 Å². The first-order valence-corrected chi connectivity index (χ1v) is 11.8. The highest BCUT2D eigenvalue weighted by Crippen LogP contribution is 2.34. The largest absolute Gasteiger partial charge is 0.497 e. The molecule has 2 aromatic carbocycles. The molecule has 2 aliphatic rings. The van der Waals surface area contributed by atoms with E-state index in [1.165, 1.54) is 43.4 Å². The van der Waals surface area contributed by atoms with Crippen LogP contribution >= 0.6 is 0 Å². The maximum atomic E-state index is 5.31. The second-order valence-electron chi connectivity index (χ2n) is 8.81. The molecule has 1 saturated carbocycles.